The number of carbonyl (C=O) groups excluding carboxylic acids is 1. The highest BCUT2D eigenvalue weighted by Crippen LogP contribution is 2.28. The lowest BCUT2D eigenvalue weighted by molar-refractivity contribution is 0.196. The van der Waals surface area contributed by atoms with Gasteiger partial charge in [0.25, 0.3) is 0 Å². The van der Waals surface area contributed by atoms with Crippen LogP contribution in [0.25, 0.3) is 0 Å². The highest BCUT2D eigenvalue weighted by Gasteiger charge is 2.35. The maximum atomic E-state index is 13.3. The lowest BCUT2D eigenvalue weighted by atomic mass is 10.0. The number of aryl methyl sites for hydroxylation is 1. The third-order valence-corrected chi connectivity index (χ3v) is 3.63. The molecule has 0 saturated carbocycles. The van der Waals surface area contributed by atoms with Crippen LogP contribution in [0.15, 0.2) is 18.2 Å². The van der Waals surface area contributed by atoms with Crippen molar-refractivity contribution in [3.05, 3.63) is 35.1 Å². The SMILES string of the molecule is CNCCN1CC(c2ccc(F)c(C)c2)N(C)C1=O. The lowest BCUT2D eigenvalue weighted by Gasteiger charge is -2.18. The fourth-order valence-corrected chi connectivity index (χ4v) is 2.40. The van der Waals surface area contributed by atoms with Gasteiger partial charge in [0.2, 0.25) is 0 Å². The Balaban J connectivity index is 2.16. The molecule has 0 bridgehead atoms. The van der Waals surface area contributed by atoms with Crippen LogP contribution in [0.3, 0.4) is 0 Å². The summed E-state index contributed by atoms with van der Waals surface area (Å²) in [7, 11) is 3.66. The van der Waals surface area contributed by atoms with Crippen LogP contribution in [-0.2, 0) is 0 Å². The molecule has 1 N–H and O–H groups in total. The van der Waals surface area contributed by atoms with Gasteiger partial charge < -0.3 is 15.1 Å². The fraction of sp³-hybridized carbons (Fsp3) is 0.500. The van der Waals surface area contributed by atoms with E-state index in [1.807, 2.05) is 18.0 Å². The molecule has 2 rings (SSSR count). The Labute approximate surface area is 113 Å². The molecule has 1 aromatic carbocycles. The lowest BCUT2D eigenvalue weighted by Crippen LogP contribution is -2.34. The highest BCUT2D eigenvalue weighted by molar-refractivity contribution is 5.77. The maximum absolute atomic E-state index is 13.3. The zero-order valence-electron chi connectivity index (χ0n) is 11.6. The molecule has 5 heteroatoms. The quantitative estimate of drug-likeness (QED) is 0.900. The fourth-order valence-electron chi connectivity index (χ4n) is 2.40. The minimum atomic E-state index is -0.206. The average molecular weight is 265 g/mol. The summed E-state index contributed by atoms with van der Waals surface area (Å²) in [5.74, 6) is -0.206. The van der Waals surface area contributed by atoms with Crippen molar-refractivity contribution in [3.8, 4) is 0 Å². The molecule has 4 nitrogen and oxygen atoms in total. The van der Waals surface area contributed by atoms with Gasteiger partial charge in [0, 0.05) is 26.7 Å². The van der Waals surface area contributed by atoms with Gasteiger partial charge in [0.05, 0.1) is 6.04 Å². The predicted molar refractivity (Wildman–Crippen MR) is 72.5 cm³/mol. The molecule has 1 atom stereocenters. The Bertz CT molecular complexity index is 478. The zero-order valence-corrected chi connectivity index (χ0v) is 11.6. The van der Waals surface area contributed by atoms with Crippen molar-refractivity contribution < 1.29 is 9.18 Å². The van der Waals surface area contributed by atoms with Crippen molar-refractivity contribution in [1.82, 2.24) is 15.1 Å². The number of benzene rings is 1. The molecule has 104 valence electrons. The number of halogens is 1. The molecular formula is C14H20FN3O. The summed E-state index contributed by atoms with van der Waals surface area (Å²) in [5, 5.41) is 3.04. The van der Waals surface area contributed by atoms with Crippen LogP contribution in [0.2, 0.25) is 0 Å². The van der Waals surface area contributed by atoms with Crippen molar-refractivity contribution in [3.63, 3.8) is 0 Å². The molecule has 1 aliphatic heterocycles. The number of hydrogen-bond donors (Lipinski definition) is 1. The first-order chi connectivity index (χ1) is 9.04. The van der Waals surface area contributed by atoms with E-state index in [0.29, 0.717) is 18.7 Å². The molecule has 1 fully saturated rings. The number of nitrogens with one attached hydrogen (secondary N) is 1. The van der Waals surface area contributed by atoms with Gasteiger partial charge in [0.1, 0.15) is 5.82 Å². The molecule has 1 aliphatic rings. The minimum Gasteiger partial charge on any atom is -0.321 e. The van der Waals surface area contributed by atoms with Crippen LogP contribution >= 0.6 is 0 Å². The summed E-state index contributed by atoms with van der Waals surface area (Å²) in [5.41, 5.74) is 1.61. The van der Waals surface area contributed by atoms with E-state index in [1.54, 1.807) is 24.9 Å². The molecular weight excluding hydrogens is 245 g/mol. The predicted octanol–water partition coefficient (Wildman–Crippen LogP) is 1.76. The maximum Gasteiger partial charge on any atom is 0.320 e. The van der Waals surface area contributed by atoms with Gasteiger partial charge in [-0.25, -0.2) is 9.18 Å². The first-order valence-corrected chi connectivity index (χ1v) is 6.47. The second kappa shape index (κ2) is 5.57. The van der Waals surface area contributed by atoms with Crippen LogP contribution < -0.4 is 5.32 Å². The van der Waals surface area contributed by atoms with Gasteiger partial charge in [-0.05, 0) is 31.2 Å². The van der Waals surface area contributed by atoms with Crippen LogP contribution in [0.4, 0.5) is 9.18 Å². The number of carbonyl (C=O) groups is 1. The van der Waals surface area contributed by atoms with Crippen molar-refractivity contribution in [1.29, 1.82) is 0 Å². The summed E-state index contributed by atoms with van der Waals surface area (Å²) >= 11 is 0. The molecule has 1 unspecified atom stereocenters. The summed E-state index contributed by atoms with van der Waals surface area (Å²) < 4.78 is 13.3. The third kappa shape index (κ3) is 2.71. The van der Waals surface area contributed by atoms with Crippen molar-refractivity contribution in [2.24, 2.45) is 0 Å². The van der Waals surface area contributed by atoms with E-state index in [-0.39, 0.29) is 17.9 Å². The van der Waals surface area contributed by atoms with Gasteiger partial charge in [-0.3, -0.25) is 0 Å². The molecule has 0 spiro atoms. The van der Waals surface area contributed by atoms with E-state index < -0.39 is 0 Å². The van der Waals surface area contributed by atoms with Gasteiger partial charge in [0.15, 0.2) is 0 Å². The summed E-state index contributed by atoms with van der Waals surface area (Å²) in [4.78, 5) is 15.6. The Morgan fingerprint density at radius 2 is 2.21 bits per heavy atom. The van der Waals surface area contributed by atoms with E-state index in [2.05, 4.69) is 5.32 Å². The molecule has 1 saturated heterocycles. The average Bonchev–Trinajstić information content (AvgIpc) is 2.67. The smallest absolute Gasteiger partial charge is 0.320 e. The van der Waals surface area contributed by atoms with Crippen molar-refractivity contribution in [2.75, 3.05) is 33.7 Å². The minimum absolute atomic E-state index is 0.00339. The highest BCUT2D eigenvalue weighted by atomic mass is 19.1. The third-order valence-electron chi connectivity index (χ3n) is 3.63. The molecule has 1 aromatic rings. The standard InChI is InChI=1S/C14H20FN3O/c1-10-8-11(4-5-12(10)15)13-9-18(7-6-16-2)14(19)17(13)3/h4-5,8,13,16H,6-7,9H2,1-3H3. The Morgan fingerprint density at radius 3 is 2.84 bits per heavy atom. The van der Waals surface area contributed by atoms with E-state index >= 15 is 0 Å². The van der Waals surface area contributed by atoms with Gasteiger partial charge in [-0.2, -0.15) is 0 Å². The normalized spacial score (nSPS) is 19.4. The van der Waals surface area contributed by atoms with Gasteiger partial charge in [-0.1, -0.05) is 12.1 Å². The van der Waals surface area contributed by atoms with E-state index in [4.69, 9.17) is 0 Å². The van der Waals surface area contributed by atoms with E-state index in [9.17, 15) is 9.18 Å². The topological polar surface area (TPSA) is 35.6 Å². The Hall–Kier alpha value is -1.62. The first-order valence-electron chi connectivity index (χ1n) is 6.47. The van der Waals surface area contributed by atoms with Crippen LogP contribution in [0.1, 0.15) is 17.2 Å². The Morgan fingerprint density at radius 1 is 1.47 bits per heavy atom. The number of hydrogen-bond acceptors (Lipinski definition) is 2. The van der Waals surface area contributed by atoms with Gasteiger partial charge in [-0.15, -0.1) is 0 Å². The molecule has 0 aliphatic carbocycles. The summed E-state index contributed by atoms with van der Waals surface area (Å²) in [6.07, 6.45) is 0. The van der Waals surface area contributed by atoms with Crippen molar-refractivity contribution >= 4 is 6.03 Å². The summed E-state index contributed by atoms with van der Waals surface area (Å²) in [6.45, 7) is 3.86. The monoisotopic (exact) mass is 265 g/mol. The molecule has 19 heavy (non-hydrogen) atoms. The van der Waals surface area contributed by atoms with Crippen LogP contribution in [0.5, 0.6) is 0 Å². The number of likely N-dealkylation sites (N-methyl/N-ethyl adjacent to an activating group) is 2. The zero-order chi connectivity index (χ0) is 14.0. The largest absolute Gasteiger partial charge is 0.321 e. The molecule has 0 aromatic heterocycles. The second-order valence-electron chi connectivity index (χ2n) is 4.97. The number of nitrogens with zero attached hydrogens (tertiary/aromatic N) is 2. The first kappa shape index (κ1) is 13.8. The summed E-state index contributed by atoms with van der Waals surface area (Å²) in [6, 6.07) is 5.09. The number of rotatable bonds is 4. The van der Waals surface area contributed by atoms with Crippen LogP contribution in [0, 0.1) is 12.7 Å². The van der Waals surface area contributed by atoms with E-state index in [1.165, 1.54) is 6.07 Å². The van der Waals surface area contributed by atoms with Crippen LogP contribution in [-0.4, -0.2) is 49.6 Å². The van der Waals surface area contributed by atoms with E-state index in [0.717, 1.165) is 12.1 Å². The second-order valence-corrected chi connectivity index (χ2v) is 4.97. The molecule has 0 radical (unpaired) electrons. The molecule has 1 heterocycles. The van der Waals surface area contributed by atoms with Crippen molar-refractivity contribution in [2.45, 2.75) is 13.0 Å². The Kier molecular flexibility index (Phi) is 4.04. The number of urea groups is 1. The van der Waals surface area contributed by atoms with Gasteiger partial charge >= 0.3 is 6.03 Å². The molecule has 2 amide bonds. The number of amides is 2.